The van der Waals surface area contributed by atoms with Crippen LogP contribution in [-0.4, -0.2) is 19.2 Å². The molecule has 0 atom stereocenters. The molecule has 0 saturated carbocycles. The summed E-state index contributed by atoms with van der Waals surface area (Å²) in [6.45, 7) is 1.86. The summed E-state index contributed by atoms with van der Waals surface area (Å²) in [5.74, 6) is 0.00989. The van der Waals surface area contributed by atoms with Crippen molar-refractivity contribution in [3.63, 3.8) is 0 Å². The number of aromatic nitrogens is 1. The number of halogens is 1. The molecule has 2 rings (SSSR count). The number of aryl methyl sites for hydroxylation is 1. The van der Waals surface area contributed by atoms with Crippen LogP contribution in [0.5, 0.6) is 0 Å². The van der Waals surface area contributed by atoms with Gasteiger partial charge in [-0.1, -0.05) is 28.1 Å². The first-order valence-electron chi connectivity index (χ1n) is 6.13. The molecule has 6 heteroatoms. The van der Waals surface area contributed by atoms with E-state index in [0.29, 0.717) is 12.1 Å². The van der Waals surface area contributed by atoms with Gasteiger partial charge in [0.15, 0.2) is 0 Å². The van der Waals surface area contributed by atoms with E-state index in [1.54, 1.807) is 24.4 Å². The minimum atomic E-state index is -3.38. The second kappa shape index (κ2) is 6.37. The molecule has 106 valence electrons. The summed E-state index contributed by atoms with van der Waals surface area (Å²) in [6, 6.07) is 10.9. The number of hydrogen-bond acceptors (Lipinski definition) is 3. The molecule has 0 radical (unpaired) electrons. The van der Waals surface area contributed by atoms with Crippen molar-refractivity contribution in [2.75, 3.05) is 10.5 Å². The van der Waals surface area contributed by atoms with E-state index in [2.05, 4.69) is 25.6 Å². The fourth-order valence-electron chi connectivity index (χ4n) is 1.72. The SMILES string of the molecule is Cc1c(Br)cccc1NS(=O)(=O)CCc1ccccn1. The van der Waals surface area contributed by atoms with Gasteiger partial charge in [-0.3, -0.25) is 9.71 Å². The number of pyridine rings is 1. The second-order valence-electron chi connectivity index (χ2n) is 4.40. The van der Waals surface area contributed by atoms with E-state index in [1.165, 1.54) is 0 Å². The third kappa shape index (κ3) is 4.05. The minimum Gasteiger partial charge on any atom is -0.283 e. The summed E-state index contributed by atoms with van der Waals surface area (Å²) in [5.41, 5.74) is 2.23. The predicted octanol–water partition coefficient (Wildman–Crippen LogP) is 3.14. The largest absolute Gasteiger partial charge is 0.283 e. The molecule has 0 aliphatic carbocycles. The molecule has 1 heterocycles. The van der Waals surface area contributed by atoms with E-state index in [4.69, 9.17) is 0 Å². The lowest BCUT2D eigenvalue weighted by Crippen LogP contribution is -2.19. The minimum absolute atomic E-state index is 0.00989. The number of sulfonamides is 1. The van der Waals surface area contributed by atoms with E-state index in [-0.39, 0.29) is 5.75 Å². The highest BCUT2D eigenvalue weighted by molar-refractivity contribution is 9.10. The Hall–Kier alpha value is -1.40. The highest BCUT2D eigenvalue weighted by atomic mass is 79.9. The van der Waals surface area contributed by atoms with Gasteiger partial charge < -0.3 is 0 Å². The van der Waals surface area contributed by atoms with Gasteiger partial charge in [-0.2, -0.15) is 0 Å². The molecule has 4 nitrogen and oxygen atoms in total. The lowest BCUT2D eigenvalue weighted by Gasteiger charge is -2.11. The van der Waals surface area contributed by atoms with Gasteiger partial charge in [-0.25, -0.2) is 8.42 Å². The molecule has 0 bridgehead atoms. The molecule has 20 heavy (non-hydrogen) atoms. The maximum absolute atomic E-state index is 12.1. The molecule has 1 aromatic heterocycles. The summed E-state index contributed by atoms with van der Waals surface area (Å²) in [6.07, 6.45) is 2.05. The van der Waals surface area contributed by atoms with Gasteiger partial charge in [-0.05, 0) is 36.8 Å². The third-order valence-electron chi connectivity index (χ3n) is 2.89. The molecule has 0 spiro atoms. The molecule has 0 aliphatic heterocycles. The van der Waals surface area contributed by atoms with Crippen LogP contribution in [0.15, 0.2) is 47.1 Å². The van der Waals surface area contributed by atoms with Gasteiger partial charge in [0.25, 0.3) is 0 Å². The standard InChI is InChI=1S/C14H15BrN2O2S/c1-11-13(15)6-4-7-14(11)17-20(18,19)10-8-12-5-2-3-9-16-12/h2-7,9,17H,8,10H2,1H3. The first kappa shape index (κ1) is 15.0. The van der Waals surface area contributed by atoms with Crippen molar-refractivity contribution >= 4 is 31.6 Å². The summed E-state index contributed by atoms with van der Waals surface area (Å²) >= 11 is 3.38. The maximum atomic E-state index is 12.1. The van der Waals surface area contributed by atoms with Gasteiger partial charge in [0.2, 0.25) is 10.0 Å². The van der Waals surface area contributed by atoms with Crippen LogP contribution >= 0.6 is 15.9 Å². The van der Waals surface area contributed by atoms with Crippen molar-refractivity contribution in [2.45, 2.75) is 13.3 Å². The average Bonchev–Trinajstić information content (AvgIpc) is 2.43. The molecule has 0 fully saturated rings. The number of benzene rings is 1. The van der Waals surface area contributed by atoms with Crippen molar-refractivity contribution in [3.8, 4) is 0 Å². The van der Waals surface area contributed by atoms with E-state index in [9.17, 15) is 8.42 Å². The van der Waals surface area contributed by atoms with E-state index in [1.807, 2.05) is 25.1 Å². The van der Waals surface area contributed by atoms with Gasteiger partial charge in [-0.15, -0.1) is 0 Å². The van der Waals surface area contributed by atoms with Crippen molar-refractivity contribution in [2.24, 2.45) is 0 Å². The highest BCUT2D eigenvalue weighted by Crippen LogP contribution is 2.24. The van der Waals surface area contributed by atoms with Crippen LogP contribution < -0.4 is 4.72 Å². The lowest BCUT2D eigenvalue weighted by atomic mass is 10.2. The monoisotopic (exact) mass is 354 g/mol. The molecule has 1 N–H and O–H groups in total. The summed E-state index contributed by atoms with van der Waals surface area (Å²) in [4.78, 5) is 4.12. The zero-order chi connectivity index (χ0) is 14.6. The van der Waals surface area contributed by atoms with Crippen molar-refractivity contribution in [1.29, 1.82) is 0 Å². The Morgan fingerprint density at radius 2 is 2.00 bits per heavy atom. The van der Waals surface area contributed by atoms with Crippen LogP contribution in [0.1, 0.15) is 11.3 Å². The number of anilines is 1. The van der Waals surface area contributed by atoms with Crippen LogP contribution in [0.4, 0.5) is 5.69 Å². The van der Waals surface area contributed by atoms with Crippen LogP contribution in [0.3, 0.4) is 0 Å². The van der Waals surface area contributed by atoms with E-state index < -0.39 is 10.0 Å². The fourth-order valence-corrected chi connectivity index (χ4v) is 3.22. The van der Waals surface area contributed by atoms with Crippen LogP contribution in [0.2, 0.25) is 0 Å². The van der Waals surface area contributed by atoms with Crippen LogP contribution in [-0.2, 0) is 16.4 Å². The quantitative estimate of drug-likeness (QED) is 0.897. The Bertz CT molecular complexity index is 688. The van der Waals surface area contributed by atoms with Gasteiger partial charge in [0.1, 0.15) is 0 Å². The zero-order valence-electron chi connectivity index (χ0n) is 11.0. The summed E-state index contributed by atoms with van der Waals surface area (Å²) in [5, 5.41) is 0. The number of rotatable bonds is 5. The third-order valence-corrected chi connectivity index (χ3v) is 5.02. The topological polar surface area (TPSA) is 59.1 Å². The fraction of sp³-hybridized carbons (Fsp3) is 0.214. The van der Waals surface area contributed by atoms with Gasteiger partial charge in [0.05, 0.1) is 11.4 Å². The Balaban J connectivity index is 2.06. The Labute approximate surface area is 127 Å². The van der Waals surface area contributed by atoms with Crippen LogP contribution in [0.25, 0.3) is 0 Å². The van der Waals surface area contributed by atoms with E-state index in [0.717, 1.165) is 15.7 Å². The van der Waals surface area contributed by atoms with Crippen molar-refractivity contribution < 1.29 is 8.42 Å². The van der Waals surface area contributed by atoms with Crippen molar-refractivity contribution in [3.05, 3.63) is 58.3 Å². The Kier molecular flexibility index (Phi) is 4.77. The lowest BCUT2D eigenvalue weighted by molar-refractivity contribution is 0.600. The number of hydrogen-bond donors (Lipinski definition) is 1. The molecule has 0 unspecified atom stereocenters. The average molecular weight is 355 g/mol. The molecule has 2 aromatic rings. The Morgan fingerprint density at radius 3 is 2.70 bits per heavy atom. The second-order valence-corrected chi connectivity index (χ2v) is 7.10. The summed E-state index contributed by atoms with van der Waals surface area (Å²) in [7, 11) is -3.38. The smallest absolute Gasteiger partial charge is 0.233 e. The molecular formula is C14H15BrN2O2S. The number of nitrogens with zero attached hydrogens (tertiary/aromatic N) is 1. The highest BCUT2D eigenvalue weighted by Gasteiger charge is 2.13. The maximum Gasteiger partial charge on any atom is 0.233 e. The first-order valence-corrected chi connectivity index (χ1v) is 8.58. The molecular weight excluding hydrogens is 340 g/mol. The molecule has 0 saturated heterocycles. The molecule has 0 aliphatic rings. The zero-order valence-corrected chi connectivity index (χ0v) is 13.4. The molecule has 1 aromatic carbocycles. The van der Waals surface area contributed by atoms with Crippen molar-refractivity contribution in [1.82, 2.24) is 4.98 Å². The predicted molar refractivity (Wildman–Crippen MR) is 84.2 cm³/mol. The molecule has 0 amide bonds. The van der Waals surface area contributed by atoms with Gasteiger partial charge >= 0.3 is 0 Å². The van der Waals surface area contributed by atoms with E-state index >= 15 is 0 Å². The van der Waals surface area contributed by atoms with Gasteiger partial charge in [0, 0.05) is 22.8 Å². The number of nitrogens with one attached hydrogen (secondary N) is 1. The van der Waals surface area contributed by atoms with Crippen LogP contribution in [0, 0.1) is 6.92 Å². The first-order chi connectivity index (χ1) is 9.48. The normalized spacial score (nSPS) is 11.3. The summed E-state index contributed by atoms with van der Waals surface area (Å²) < 4.78 is 27.7. The Morgan fingerprint density at radius 1 is 1.20 bits per heavy atom.